The number of amidine groups is 1. The molecule has 8 heteroatoms. The second-order valence-electron chi connectivity index (χ2n) is 3.89. The fraction of sp³-hybridized carbons (Fsp3) is 0. The first-order valence-electron chi connectivity index (χ1n) is 5.45. The number of hydrogen-bond donors (Lipinski definition) is 5. The summed E-state index contributed by atoms with van der Waals surface area (Å²) in [6.45, 7) is 0. The smallest absolute Gasteiger partial charge is 0.352 e. The topological polar surface area (TPSA) is 151 Å². The van der Waals surface area contributed by atoms with Crippen molar-refractivity contribution < 1.29 is 9.90 Å². The summed E-state index contributed by atoms with van der Waals surface area (Å²) in [4.78, 5) is 13.6. The summed E-state index contributed by atoms with van der Waals surface area (Å²) >= 11 is 0. The molecule has 0 aliphatic rings. The maximum atomic E-state index is 10.8. The Morgan fingerprint density at radius 1 is 1.50 bits per heavy atom. The lowest BCUT2D eigenvalue weighted by molar-refractivity contribution is 0.0691. The van der Waals surface area contributed by atoms with Gasteiger partial charge in [0.1, 0.15) is 11.8 Å². The van der Waals surface area contributed by atoms with Crippen LogP contribution in [0.3, 0.4) is 0 Å². The number of carboxylic acids is 1. The first-order valence-corrected chi connectivity index (χ1v) is 5.45. The fourth-order valence-electron chi connectivity index (χ4n) is 1.58. The Labute approximate surface area is 113 Å². The van der Waals surface area contributed by atoms with Crippen molar-refractivity contribution in [3.8, 4) is 6.07 Å². The van der Waals surface area contributed by atoms with E-state index in [0.29, 0.717) is 16.6 Å². The summed E-state index contributed by atoms with van der Waals surface area (Å²) < 4.78 is 0. The van der Waals surface area contributed by atoms with E-state index < -0.39 is 11.8 Å². The standard InChI is InChI=1S/C12H10N6O2/c13-5-10(11(14)15)18-17-7-1-2-8-6(3-7)4-9(16-8)12(19)20/h1-4,16-17H,(H3,14,15)(H,19,20)/b18-10+. The number of aromatic nitrogens is 1. The van der Waals surface area contributed by atoms with Crippen LogP contribution >= 0.6 is 0 Å². The van der Waals surface area contributed by atoms with E-state index in [1.54, 1.807) is 24.3 Å². The van der Waals surface area contributed by atoms with E-state index >= 15 is 0 Å². The molecular formula is C12H10N6O2. The molecule has 0 saturated carbocycles. The number of nitrogens with one attached hydrogen (secondary N) is 3. The average molecular weight is 270 g/mol. The van der Waals surface area contributed by atoms with E-state index in [1.807, 2.05) is 0 Å². The molecule has 0 saturated heterocycles. The Morgan fingerprint density at radius 3 is 2.85 bits per heavy atom. The van der Waals surface area contributed by atoms with Crippen LogP contribution in [0.5, 0.6) is 0 Å². The molecule has 0 atom stereocenters. The Morgan fingerprint density at radius 2 is 2.25 bits per heavy atom. The number of aromatic amines is 1. The second kappa shape index (κ2) is 5.11. The molecule has 2 aromatic rings. The van der Waals surface area contributed by atoms with Gasteiger partial charge in [0.15, 0.2) is 5.84 Å². The summed E-state index contributed by atoms with van der Waals surface area (Å²) in [5, 5.41) is 29.1. The minimum absolute atomic E-state index is 0.0853. The van der Waals surface area contributed by atoms with Crippen LogP contribution < -0.4 is 11.2 Å². The third-order valence-electron chi connectivity index (χ3n) is 2.51. The van der Waals surface area contributed by atoms with Crippen LogP contribution in [-0.4, -0.2) is 27.6 Å². The summed E-state index contributed by atoms with van der Waals surface area (Å²) in [6.07, 6.45) is 0. The van der Waals surface area contributed by atoms with Gasteiger partial charge in [-0.1, -0.05) is 0 Å². The predicted octanol–water partition coefficient (Wildman–Crippen LogP) is 1.09. The molecule has 1 aromatic carbocycles. The molecule has 1 heterocycles. The zero-order chi connectivity index (χ0) is 14.7. The minimum Gasteiger partial charge on any atom is -0.477 e. The van der Waals surface area contributed by atoms with E-state index in [4.69, 9.17) is 21.5 Å². The molecule has 0 unspecified atom stereocenters. The quantitative estimate of drug-likeness (QED) is 0.320. The van der Waals surface area contributed by atoms with Gasteiger partial charge in [0.25, 0.3) is 0 Å². The highest BCUT2D eigenvalue weighted by molar-refractivity contribution is 6.45. The van der Waals surface area contributed by atoms with Crippen molar-refractivity contribution in [2.24, 2.45) is 10.8 Å². The normalized spacial score (nSPS) is 11.1. The van der Waals surface area contributed by atoms with E-state index in [1.165, 1.54) is 6.07 Å². The van der Waals surface area contributed by atoms with Gasteiger partial charge in [-0.2, -0.15) is 10.4 Å². The lowest BCUT2D eigenvalue weighted by Crippen LogP contribution is -2.21. The lowest BCUT2D eigenvalue weighted by atomic mass is 10.2. The molecule has 0 radical (unpaired) electrons. The molecule has 6 N–H and O–H groups in total. The van der Waals surface area contributed by atoms with Crippen molar-refractivity contribution in [3.05, 3.63) is 30.0 Å². The average Bonchev–Trinajstić information content (AvgIpc) is 2.82. The van der Waals surface area contributed by atoms with Crippen molar-refractivity contribution in [2.45, 2.75) is 0 Å². The predicted molar refractivity (Wildman–Crippen MR) is 73.8 cm³/mol. The third-order valence-corrected chi connectivity index (χ3v) is 2.51. The molecule has 0 aliphatic heterocycles. The number of rotatable bonds is 4. The zero-order valence-electron chi connectivity index (χ0n) is 10.1. The van der Waals surface area contributed by atoms with E-state index in [0.717, 1.165) is 0 Å². The number of aromatic carboxylic acids is 1. The van der Waals surface area contributed by atoms with E-state index in [2.05, 4.69) is 15.5 Å². The van der Waals surface area contributed by atoms with Gasteiger partial charge < -0.3 is 15.8 Å². The number of carbonyl (C=O) groups is 1. The van der Waals surface area contributed by atoms with E-state index in [-0.39, 0.29) is 11.4 Å². The summed E-state index contributed by atoms with van der Waals surface area (Å²) in [6, 6.07) is 8.17. The molecule has 1 aromatic heterocycles. The number of benzene rings is 1. The van der Waals surface area contributed by atoms with Gasteiger partial charge in [-0.15, -0.1) is 0 Å². The lowest BCUT2D eigenvalue weighted by Gasteiger charge is -2.01. The highest BCUT2D eigenvalue weighted by atomic mass is 16.4. The van der Waals surface area contributed by atoms with Gasteiger partial charge in [0.2, 0.25) is 5.71 Å². The molecule has 0 aliphatic carbocycles. The van der Waals surface area contributed by atoms with Gasteiger partial charge in [-0.05, 0) is 24.3 Å². The molecule has 8 nitrogen and oxygen atoms in total. The van der Waals surface area contributed by atoms with Gasteiger partial charge in [0, 0.05) is 10.9 Å². The number of nitrogens with two attached hydrogens (primary N) is 1. The minimum atomic E-state index is -1.04. The number of nitrogens with zero attached hydrogens (tertiary/aromatic N) is 2. The van der Waals surface area contributed by atoms with Crippen LogP contribution in [0.25, 0.3) is 10.9 Å². The van der Waals surface area contributed by atoms with Crippen molar-refractivity contribution in [1.82, 2.24) is 4.98 Å². The number of fused-ring (bicyclic) bond motifs is 1. The monoisotopic (exact) mass is 270 g/mol. The first-order chi connectivity index (χ1) is 9.51. The highest BCUT2D eigenvalue weighted by Gasteiger charge is 2.07. The van der Waals surface area contributed by atoms with Gasteiger partial charge >= 0.3 is 5.97 Å². The van der Waals surface area contributed by atoms with Gasteiger partial charge in [-0.3, -0.25) is 10.8 Å². The van der Waals surface area contributed by atoms with Crippen LogP contribution in [-0.2, 0) is 0 Å². The molecule has 0 fully saturated rings. The number of nitriles is 1. The Hall–Kier alpha value is -3.34. The molecule has 0 spiro atoms. The highest BCUT2D eigenvalue weighted by Crippen LogP contribution is 2.20. The van der Waals surface area contributed by atoms with Crippen LogP contribution in [0, 0.1) is 16.7 Å². The Kier molecular flexibility index (Phi) is 3.35. The summed E-state index contributed by atoms with van der Waals surface area (Å²) in [7, 11) is 0. The second-order valence-corrected chi connectivity index (χ2v) is 3.89. The van der Waals surface area contributed by atoms with Gasteiger partial charge in [0.05, 0.1) is 5.69 Å². The molecule has 20 heavy (non-hydrogen) atoms. The molecule has 100 valence electrons. The fourth-order valence-corrected chi connectivity index (χ4v) is 1.58. The Bertz CT molecular complexity index is 768. The van der Waals surface area contributed by atoms with Crippen LogP contribution in [0.1, 0.15) is 10.5 Å². The van der Waals surface area contributed by atoms with Crippen molar-refractivity contribution in [1.29, 1.82) is 10.7 Å². The van der Waals surface area contributed by atoms with E-state index in [9.17, 15) is 4.79 Å². The van der Waals surface area contributed by atoms with Crippen LogP contribution in [0.2, 0.25) is 0 Å². The largest absolute Gasteiger partial charge is 0.477 e. The molecule has 0 amide bonds. The maximum absolute atomic E-state index is 10.8. The molecule has 2 rings (SSSR count). The number of carboxylic acid groups (broad SMARTS) is 1. The Balaban J connectivity index is 2.31. The zero-order valence-corrected chi connectivity index (χ0v) is 10.1. The van der Waals surface area contributed by atoms with Crippen molar-refractivity contribution in [3.63, 3.8) is 0 Å². The molecular weight excluding hydrogens is 260 g/mol. The number of hydrogen-bond acceptors (Lipinski definition) is 5. The SMILES string of the molecule is N#C/C(=N\Nc1ccc2[nH]c(C(=O)O)cc2c1)C(=N)N. The first kappa shape index (κ1) is 13.1. The van der Waals surface area contributed by atoms with Crippen LogP contribution in [0.4, 0.5) is 5.69 Å². The van der Waals surface area contributed by atoms with Crippen LogP contribution in [0.15, 0.2) is 29.4 Å². The van der Waals surface area contributed by atoms with Gasteiger partial charge in [-0.25, -0.2) is 4.79 Å². The van der Waals surface area contributed by atoms with Crippen molar-refractivity contribution in [2.75, 3.05) is 5.43 Å². The number of anilines is 1. The maximum Gasteiger partial charge on any atom is 0.352 e. The summed E-state index contributed by atoms with van der Waals surface area (Å²) in [5.41, 5.74) is 8.82. The van der Waals surface area contributed by atoms with Crippen molar-refractivity contribution >= 4 is 34.1 Å². The third kappa shape index (κ3) is 2.56. The number of H-pyrrole nitrogens is 1. The molecule has 0 bridgehead atoms. The number of hydrazone groups is 1. The summed E-state index contributed by atoms with van der Waals surface area (Å²) in [5.74, 6) is -1.48.